The molecule has 0 amide bonds. The van der Waals surface area contributed by atoms with Gasteiger partial charge in [-0.1, -0.05) is 6.07 Å². The van der Waals surface area contributed by atoms with Crippen LogP contribution >= 0.6 is 0 Å². The van der Waals surface area contributed by atoms with Crippen LogP contribution in [0.1, 0.15) is 28.8 Å². The van der Waals surface area contributed by atoms with Crippen LogP contribution in [0, 0.1) is 5.82 Å². The molecule has 80 valence electrons. The summed E-state index contributed by atoms with van der Waals surface area (Å²) < 4.78 is 13.3. The van der Waals surface area contributed by atoms with Crippen molar-refractivity contribution in [2.45, 2.75) is 19.4 Å². The largest absolute Gasteiger partial charge is 0.299 e. The molecule has 2 rings (SSSR count). The van der Waals surface area contributed by atoms with Crippen molar-refractivity contribution in [2.75, 3.05) is 13.1 Å². The number of carbonyl (C=O) groups is 1. The van der Waals surface area contributed by atoms with Gasteiger partial charge in [0.25, 0.3) is 0 Å². The standard InChI is InChI=1S/C12H14FNO/c13-12-7-10(3-4-11(12)9-15)8-14-5-1-2-6-14/h3-4,7,9H,1-2,5-6,8H2. The van der Waals surface area contributed by atoms with Crippen molar-refractivity contribution in [3.05, 3.63) is 35.1 Å². The van der Waals surface area contributed by atoms with Gasteiger partial charge >= 0.3 is 0 Å². The Morgan fingerprint density at radius 3 is 2.67 bits per heavy atom. The maximum atomic E-state index is 13.3. The van der Waals surface area contributed by atoms with Crippen molar-refractivity contribution in [2.24, 2.45) is 0 Å². The quantitative estimate of drug-likeness (QED) is 0.708. The average molecular weight is 207 g/mol. The third-order valence-electron chi connectivity index (χ3n) is 2.80. The van der Waals surface area contributed by atoms with E-state index in [4.69, 9.17) is 0 Å². The van der Waals surface area contributed by atoms with Gasteiger partial charge in [0.2, 0.25) is 0 Å². The molecule has 1 aromatic carbocycles. The van der Waals surface area contributed by atoms with Gasteiger partial charge in [-0.25, -0.2) is 4.39 Å². The van der Waals surface area contributed by atoms with Gasteiger partial charge in [0.1, 0.15) is 5.82 Å². The van der Waals surface area contributed by atoms with Crippen LogP contribution in [0.15, 0.2) is 18.2 Å². The fourth-order valence-electron chi connectivity index (χ4n) is 1.96. The van der Waals surface area contributed by atoms with Gasteiger partial charge in [-0.3, -0.25) is 9.69 Å². The van der Waals surface area contributed by atoms with Gasteiger partial charge in [0.05, 0.1) is 5.56 Å². The molecule has 1 aliphatic heterocycles. The van der Waals surface area contributed by atoms with Crippen LogP contribution in [0.2, 0.25) is 0 Å². The molecule has 1 aliphatic rings. The van der Waals surface area contributed by atoms with E-state index >= 15 is 0 Å². The lowest BCUT2D eigenvalue weighted by atomic mass is 10.1. The van der Waals surface area contributed by atoms with Gasteiger partial charge in [-0.2, -0.15) is 0 Å². The normalized spacial score (nSPS) is 16.9. The van der Waals surface area contributed by atoms with Crippen LogP contribution in [0.3, 0.4) is 0 Å². The van der Waals surface area contributed by atoms with Gasteiger partial charge in [0.15, 0.2) is 6.29 Å². The van der Waals surface area contributed by atoms with E-state index in [9.17, 15) is 9.18 Å². The number of aldehydes is 1. The molecule has 1 saturated heterocycles. The van der Waals surface area contributed by atoms with Crippen LogP contribution in [0.4, 0.5) is 4.39 Å². The first-order valence-electron chi connectivity index (χ1n) is 5.25. The van der Waals surface area contributed by atoms with Crippen LogP contribution in [0.5, 0.6) is 0 Å². The highest BCUT2D eigenvalue weighted by Gasteiger charge is 2.12. The van der Waals surface area contributed by atoms with E-state index in [1.165, 1.54) is 18.9 Å². The number of nitrogens with zero attached hydrogens (tertiary/aromatic N) is 1. The van der Waals surface area contributed by atoms with E-state index in [0.717, 1.165) is 25.2 Å². The highest BCUT2D eigenvalue weighted by Crippen LogP contribution is 2.14. The minimum Gasteiger partial charge on any atom is -0.299 e. The maximum absolute atomic E-state index is 13.3. The first-order chi connectivity index (χ1) is 7.29. The van der Waals surface area contributed by atoms with Crippen LogP contribution < -0.4 is 0 Å². The van der Waals surface area contributed by atoms with Gasteiger partial charge in [-0.05, 0) is 43.6 Å². The van der Waals surface area contributed by atoms with E-state index in [1.807, 2.05) is 6.07 Å². The predicted octanol–water partition coefficient (Wildman–Crippen LogP) is 2.23. The van der Waals surface area contributed by atoms with E-state index < -0.39 is 5.82 Å². The summed E-state index contributed by atoms with van der Waals surface area (Å²) in [5, 5.41) is 0. The molecule has 0 radical (unpaired) electrons. The molecule has 3 heteroatoms. The van der Waals surface area contributed by atoms with E-state index in [2.05, 4.69) is 4.90 Å². The zero-order chi connectivity index (χ0) is 10.7. The Hall–Kier alpha value is -1.22. The Morgan fingerprint density at radius 2 is 2.07 bits per heavy atom. The van der Waals surface area contributed by atoms with Gasteiger partial charge in [0, 0.05) is 6.54 Å². The lowest BCUT2D eigenvalue weighted by Gasteiger charge is -2.14. The summed E-state index contributed by atoms with van der Waals surface area (Å²) in [5.74, 6) is -0.415. The number of rotatable bonds is 3. The summed E-state index contributed by atoms with van der Waals surface area (Å²) >= 11 is 0. The van der Waals surface area contributed by atoms with E-state index in [-0.39, 0.29) is 5.56 Å². The Balaban J connectivity index is 2.08. The molecule has 2 nitrogen and oxygen atoms in total. The van der Waals surface area contributed by atoms with Gasteiger partial charge < -0.3 is 0 Å². The first-order valence-corrected chi connectivity index (χ1v) is 5.25. The molecular weight excluding hydrogens is 193 g/mol. The summed E-state index contributed by atoms with van der Waals surface area (Å²) in [6, 6.07) is 4.83. The minimum absolute atomic E-state index is 0.139. The number of hydrogen-bond acceptors (Lipinski definition) is 2. The summed E-state index contributed by atoms with van der Waals surface area (Å²) in [7, 11) is 0. The third kappa shape index (κ3) is 2.42. The second-order valence-electron chi connectivity index (χ2n) is 3.96. The molecule has 0 N–H and O–H groups in total. The highest BCUT2D eigenvalue weighted by molar-refractivity contribution is 5.75. The zero-order valence-corrected chi connectivity index (χ0v) is 8.58. The first kappa shape index (κ1) is 10.3. The Labute approximate surface area is 88.7 Å². The van der Waals surface area contributed by atoms with Crippen molar-refractivity contribution < 1.29 is 9.18 Å². The molecule has 0 saturated carbocycles. The average Bonchev–Trinajstić information content (AvgIpc) is 2.71. The molecule has 1 heterocycles. The number of halogens is 1. The summed E-state index contributed by atoms with van der Waals surface area (Å²) in [6.07, 6.45) is 3.01. The molecule has 1 fully saturated rings. The Bertz CT molecular complexity index is 359. The fraction of sp³-hybridized carbons (Fsp3) is 0.417. The van der Waals surface area contributed by atoms with E-state index in [1.54, 1.807) is 6.07 Å². The second kappa shape index (κ2) is 4.53. The van der Waals surface area contributed by atoms with Crippen molar-refractivity contribution >= 4 is 6.29 Å². The molecule has 0 atom stereocenters. The SMILES string of the molecule is O=Cc1ccc(CN2CCCC2)cc1F. The maximum Gasteiger partial charge on any atom is 0.152 e. The molecule has 0 aliphatic carbocycles. The smallest absolute Gasteiger partial charge is 0.152 e. The Kier molecular flexibility index (Phi) is 3.11. The predicted molar refractivity (Wildman–Crippen MR) is 56.3 cm³/mol. The topological polar surface area (TPSA) is 20.3 Å². The zero-order valence-electron chi connectivity index (χ0n) is 8.58. The van der Waals surface area contributed by atoms with Crippen molar-refractivity contribution in [1.82, 2.24) is 4.90 Å². The highest BCUT2D eigenvalue weighted by atomic mass is 19.1. The van der Waals surface area contributed by atoms with Crippen LogP contribution in [-0.4, -0.2) is 24.3 Å². The number of carbonyl (C=O) groups excluding carboxylic acids is 1. The van der Waals surface area contributed by atoms with Crippen molar-refractivity contribution in [3.8, 4) is 0 Å². The molecule has 1 aromatic rings. The lowest BCUT2D eigenvalue weighted by Crippen LogP contribution is -2.18. The fourth-order valence-corrected chi connectivity index (χ4v) is 1.96. The number of benzene rings is 1. The van der Waals surface area contributed by atoms with Crippen LogP contribution in [-0.2, 0) is 6.54 Å². The molecule has 0 bridgehead atoms. The lowest BCUT2D eigenvalue weighted by molar-refractivity contribution is 0.112. The van der Waals surface area contributed by atoms with Crippen LogP contribution in [0.25, 0.3) is 0 Å². The molecule has 0 spiro atoms. The molecule has 0 unspecified atom stereocenters. The number of likely N-dealkylation sites (tertiary alicyclic amines) is 1. The molecule has 0 aromatic heterocycles. The molecular formula is C12H14FNO. The second-order valence-corrected chi connectivity index (χ2v) is 3.96. The van der Waals surface area contributed by atoms with Crippen molar-refractivity contribution in [3.63, 3.8) is 0 Å². The summed E-state index contributed by atoms with van der Waals surface area (Å²) in [6.45, 7) is 2.98. The third-order valence-corrected chi connectivity index (χ3v) is 2.80. The Morgan fingerprint density at radius 1 is 1.33 bits per heavy atom. The van der Waals surface area contributed by atoms with E-state index in [0.29, 0.717) is 6.29 Å². The monoisotopic (exact) mass is 207 g/mol. The number of hydrogen-bond donors (Lipinski definition) is 0. The van der Waals surface area contributed by atoms with Crippen molar-refractivity contribution in [1.29, 1.82) is 0 Å². The summed E-state index contributed by atoms with van der Waals surface area (Å²) in [5.41, 5.74) is 1.08. The molecule has 15 heavy (non-hydrogen) atoms. The summed E-state index contributed by atoms with van der Waals surface area (Å²) in [4.78, 5) is 12.7. The van der Waals surface area contributed by atoms with Gasteiger partial charge in [-0.15, -0.1) is 0 Å². The minimum atomic E-state index is -0.415.